The molecule has 106 valence electrons. The molecule has 0 bridgehead atoms. The number of H-pyrrole nitrogens is 1. The van der Waals surface area contributed by atoms with Gasteiger partial charge in [0, 0.05) is 38.4 Å². The second kappa shape index (κ2) is 5.37. The molecule has 0 spiro atoms. The highest BCUT2D eigenvalue weighted by molar-refractivity contribution is 9.10. The maximum Gasteiger partial charge on any atom is 0.195 e. The van der Waals surface area contributed by atoms with E-state index in [0.717, 1.165) is 21.8 Å². The molecule has 1 aromatic heterocycles. The van der Waals surface area contributed by atoms with Crippen molar-refractivity contribution < 1.29 is 4.79 Å². The first-order chi connectivity index (χ1) is 10.1. The van der Waals surface area contributed by atoms with Gasteiger partial charge in [-0.2, -0.15) is 0 Å². The lowest BCUT2D eigenvalue weighted by atomic mass is 10.0. The van der Waals surface area contributed by atoms with Crippen molar-refractivity contribution in [2.24, 2.45) is 0 Å². The summed E-state index contributed by atoms with van der Waals surface area (Å²) < 4.78 is 0.805. The third kappa shape index (κ3) is 2.47. The smallest absolute Gasteiger partial charge is 0.195 e. The fraction of sp³-hybridized carbons (Fsp3) is 0.118. The van der Waals surface area contributed by atoms with Crippen LogP contribution in [0.15, 0.2) is 47.1 Å². The van der Waals surface area contributed by atoms with Crippen LogP contribution in [0.3, 0.4) is 0 Å². The van der Waals surface area contributed by atoms with Gasteiger partial charge >= 0.3 is 0 Å². The number of carbonyl (C=O) groups excluding carboxylic acids is 1. The van der Waals surface area contributed by atoms with Crippen LogP contribution in [0.5, 0.6) is 0 Å². The van der Waals surface area contributed by atoms with Crippen LogP contribution >= 0.6 is 15.9 Å². The molecule has 1 heterocycles. The Balaban J connectivity index is 2.14. The Morgan fingerprint density at radius 1 is 1.29 bits per heavy atom. The van der Waals surface area contributed by atoms with Crippen LogP contribution < -0.4 is 5.73 Å². The predicted molar refractivity (Wildman–Crippen MR) is 89.7 cm³/mol. The number of halogens is 1. The number of nitrogens with one attached hydrogen (secondary N) is 1. The molecule has 2 aromatic carbocycles. The number of rotatable bonds is 3. The highest BCUT2D eigenvalue weighted by Gasteiger charge is 2.16. The van der Waals surface area contributed by atoms with E-state index in [4.69, 9.17) is 5.73 Å². The van der Waals surface area contributed by atoms with Crippen LogP contribution in [0.4, 0.5) is 5.69 Å². The molecule has 0 radical (unpaired) electrons. The van der Waals surface area contributed by atoms with E-state index < -0.39 is 0 Å². The second-order valence-corrected chi connectivity index (χ2v) is 5.91. The third-order valence-corrected chi connectivity index (χ3v) is 4.07. The van der Waals surface area contributed by atoms with E-state index in [9.17, 15) is 4.79 Å². The standard InChI is InChI=1S/C17H15BrN2O/c1-2-10-4-3-5-14-15(9-20-16(10)14)17(21)11-6-12(18)8-13(19)7-11/h3-9,20H,2,19H2,1H3. The van der Waals surface area contributed by atoms with Gasteiger partial charge in [0.2, 0.25) is 0 Å². The minimum absolute atomic E-state index is 0.0255. The van der Waals surface area contributed by atoms with Crippen LogP contribution in [0.1, 0.15) is 28.4 Å². The summed E-state index contributed by atoms with van der Waals surface area (Å²) in [6, 6.07) is 11.3. The molecule has 0 saturated carbocycles. The fourth-order valence-corrected chi connectivity index (χ4v) is 3.11. The molecule has 0 saturated heterocycles. The normalized spacial score (nSPS) is 11.0. The zero-order chi connectivity index (χ0) is 15.0. The Hall–Kier alpha value is -2.07. The number of nitrogens with two attached hydrogens (primary N) is 1. The van der Waals surface area contributed by atoms with Gasteiger partial charge in [-0.15, -0.1) is 0 Å². The monoisotopic (exact) mass is 342 g/mol. The molecule has 0 amide bonds. The molecule has 3 nitrogen and oxygen atoms in total. The molecular formula is C17H15BrN2O. The van der Waals surface area contributed by atoms with Gasteiger partial charge in [-0.05, 0) is 30.2 Å². The molecule has 4 heteroatoms. The van der Waals surface area contributed by atoms with Crippen molar-refractivity contribution in [1.29, 1.82) is 0 Å². The molecule has 0 fully saturated rings. The molecular weight excluding hydrogens is 328 g/mol. The summed E-state index contributed by atoms with van der Waals surface area (Å²) in [7, 11) is 0. The minimum atomic E-state index is -0.0255. The molecule has 0 unspecified atom stereocenters. The average molecular weight is 343 g/mol. The van der Waals surface area contributed by atoms with Crippen molar-refractivity contribution in [3.05, 3.63) is 63.8 Å². The predicted octanol–water partition coefficient (Wildman–Crippen LogP) is 4.31. The molecule has 21 heavy (non-hydrogen) atoms. The topological polar surface area (TPSA) is 58.9 Å². The summed E-state index contributed by atoms with van der Waals surface area (Å²) in [6.45, 7) is 2.10. The van der Waals surface area contributed by atoms with Crippen molar-refractivity contribution in [3.63, 3.8) is 0 Å². The molecule has 0 aliphatic heterocycles. The van der Waals surface area contributed by atoms with Gasteiger partial charge in [0.25, 0.3) is 0 Å². The summed E-state index contributed by atoms with van der Waals surface area (Å²) in [6.07, 6.45) is 2.71. The van der Waals surface area contributed by atoms with E-state index in [-0.39, 0.29) is 5.78 Å². The first-order valence-electron chi connectivity index (χ1n) is 6.80. The molecule has 0 atom stereocenters. The Kier molecular flexibility index (Phi) is 3.55. The number of carbonyl (C=O) groups is 1. The highest BCUT2D eigenvalue weighted by Crippen LogP contribution is 2.26. The number of nitrogen functional groups attached to an aromatic ring is 1. The van der Waals surface area contributed by atoms with Crippen LogP contribution in [0.25, 0.3) is 10.9 Å². The van der Waals surface area contributed by atoms with Crippen LogP contribution in [0.2, 0.25) is 0 Å². The minimum Gasteiger partial charge on any atom is -0.399 e. The average Bonchev–Trinajstić information content (AvgIpc) is 2.89. The lowest BCUT2D eigenvalue weighted by molar-refractivity contribution is 0.104. The number of fused-ring (bicyclic) bond motifs is 1. The zero-order valence-corrected chi connectivity index (χ0v) is 13.2. The summed E-state index contributed by atoms with van der Waals surface area (Å²) >= 11 is 3.38. The Morgan fingerprint density at radius 3 is 2.81 bits per heavy atom. The number of benzene rings is 2. The Labute approximate surface area is 131 Å². The fourth-order valence-electron chi connectivity index (χ4n) is 2.60. The van der Waals surface area contributed by atoms with Crippen molar-refractivity contribution in [3.8, 4) is 0 Å². The first kappa shape index (κ1) is 13.9. The lowest BCUT2D eigenvalue weighted by Crippen LogP contribution is -2.01. The van der Waals surface area contributed by atoms with E-state index in [2.05, 4.69) is 33.9 Å². The van der Waals surface area contributed by atoms with Gasteiger partial charge in [-0.25, -0.2) is 0 Å². The van der Waals surface area contributed by atoms with Crippen molar-refractivity contribution in [2.45, 2.75) is 13.3 Å². The Bertz CT molecular complexity index is 816. The molecule has 3 N–H and O–H groups in total. The largest absolute Gasteiger partial charge is 0.399 e. The van der Waals surface area contributed by atoms with E-state index in [0.29, 0.717) is 16.8 Å². The number of hydrogen-bond acceptors (Lipinski definition) is 2. The van der Waals surface area contributed by atoms with Gasteiger partial charge < -0.3 is 10.7 Å². The third-order valence-electron chi connectivity index (χ3n) is 3.61. The van der Waals surface area contributed by atoms with E-state index >= 15 is 0 Å². The number of aromatic amines is 1. The number of ketones is 1. The molecule has 3 rings (SSSR count). The van der Waals surface area contributed by atoms with Crippen LogP contribution in [0, 0.1) is 0 Å². The van der Waals surface area contributed by atoms with Crippen LogP contribution in [-0.2, 0) is 6.42 Å². The molecule has 0 aliphatic rings. The van der Waals surface area contributed by atoms with Gasteiger partial charge in [-0.1, -0.05) is 41.1 Å². The van der Waals surface area contributed by atoms with E-state index in [1.807, 2.05) is 12.1 Å². The Morgan fingerprint density at radius 2 is 2.10 bits per heavy atom. The number of para-hydroxylation sites is 1. The van der Waals surface area contributed by atoms with Crippen molar-refractivity contribution in [1.82, 2.24) is 4.98 Å². The quantitative estimate of drug-likeness (QED) is 0.550. The van der Waals surface area contributed by atoms with Crippen LogP contribution in [-0.4, -0.2) is 10.8 Å². The van der Waals surface area contributed by atoms with Gasteiger partial charge in [0.1, 0.15) is 0 Å². The number of anilines is 1. The number of aryl methyl sites for hydroxylation is 1. The first-order valence-corrected chi connectivity index (χ1v) is 7.59. The summed E-state index contributed by atoms with van der Waals surface area (Å²) in [4.78, 5) is 16.0. The SMILES string of the molecule is CCc1cccc2c(C(=O)c3cc(N)cc(Br)c3)c[nH]c12. The second-order valence-electron chi connectivity index (χ2n) is 5.00. The lowest BCUT2D eigenvalue weighted by Gasteiger charge is -2.04. The van der Waals surface area contributed by atoms with Gasteiger partial charge in [0.05, 0.1) is 0 Å². The van der Waals surface area contributed by atoms with Gasteiger partial charge in [-0.3, -0.25) is 4.79 Å². The van der Waals surface area contributed by atoms with Gasteiger partial charge in [0.15, 0.2) is 5.78 Å². The van der Waals surface area contributed by atoms with E-state index in [1.54, 1.807) is 24.4 Å². The maximum atomic E-state index is 12.7. The summed E-state index contributed by atoms with van der Waals surface area (Å²) in [5.74, 6) is -0.0255. The number of hydrogen-bond donors (Lipinski definition) is 2. The zero-order valence-electron chi connectivity index (χ0n) is 11.6. The maximum absolute atomic E-state index is 12.7. The van der Waals surface area contributed by atoms with E-state index in [1.165, 1.54) is 5.56 Å². The van der Waals surface area contributed by atoms with Crippen molar-refractivity contribution in [2.75, 3.05) is 5.73 Å². The van der Waals surface area contributed by atoms with Crippen molar-refractivity contribution >= 4 is 38.3 Å². The summed E-state index contributed by atoms with van der Waals surface area (Å²) in [5, 5.41) is 0.956. The number of aromatic nitrogens is 1. The molecule has 0 aliphatic carbocycles. The highest BCUT2D eigenvalue weighted by atomic mass is 79.9. The summed E-state index contributed by atoms with van der Waals surface area (Å²) in [5.41, 5.74) is 9.90. The molecule has 3 aromatic rings.